The highest BCUT2D eigenvalue weighted by Crippen LogP contribution is 2.46. The number of hydrogen-bond donors (Lipinski definition) is 3. The van der Waals surface area contributed by atoms with Gasteiger partial charge in [0, 0.05) is 17.0 Å². The van der Waals surface area contributed by atoms with Crippen LogP contribution >= 0.6 is 11.9 Å². The number of nitrogens with one attached hydrogen (secondary N) is 3. The Morgan fingerprint density at radius 3 is 1.73 bits per heavy atom. The number of para-hydroxylation sites is 1. The predicted octanol–water partition coefficient (Wildman–Crippen LogP) is 10.6. The molecule has 7 heteroatoms. The van der Waals surface area contributed by atoms with Crippen molar-refractivity contribution in [3.8, 4) is 0 Å². The first-order valence-corrected chi connectivity index (χ1v) is 18.3. The standard InChI is InChI=1S/C37H56N4O2S/c1-5-28(6-2)25-36(20-13-9-14-21-36)34(42)39-31-17-11-12-18-33(31)44-41-30-19-24-38-27-32(30)40-35(43)37(22-15-10-16-23-37)26-29(7-3)8-4/h11-12,17-19,24,27-29H,5-10,13-16,20-23,25-26H2,1-4H3,(H,38,41)(H,39,42)(H,40,43). The fourth-order valence-electron chi connectivity index (χ4n) is 7.63. The van der Waals surface area contributed by atoms with E-state index in [0.717, 1.165) is 106 Å². The minimum absolute atomic E-state index is 0.132. The van der Waals surface area contributed by atoms with Crippen LogP contribution in [-0.4, -0.2) is 16.8 Å². The first-order valence-electron chi connectivity index (χ1n) is 17.5. The predicted molar refractivity (Wildman–Crippen MR) is 186 cm³/mol. The first kappa shape index (κ1) is 34.3. The number of pyridine rings is 1. The molecule has 1 heterocycles. The van der Waals surface area contributed by atoms with Crippen molar-refractivity contribution in [1.82, 2.24) is 4.98 Å². The van der Waals surface area contributed by atoms with Crippen molar-refractivity contribution in [3.05, 3.63) is 42.7 Å². The molecule has 1 aromatic carbocycles. The maximum atomic E-state index is 14.0. The van der Waals surface area contributed by atoms with Crippen LogP contribution < -0.4 is 15.4 Å². The maximum absolute atomic E-state index is 14.0. The third-order valence-electron chi connectivity index (χ3n) is 10.7. The summed E-state index contributed by atoms with van der Waals surface area (Å²) in [6, 6.07) is 9.92. The Labute approximate surface area is 270 Å². The maximum Gasteiger partial charge on any atom is 0.230 e. The van der Waals surface area contributed by atoms with Crippen molar-refractivity contribution in [2.24, 2.45) is 22.7 Å². The zero-order valence-electron chi connectivity index (χ0n) is 27.7. The summed E-state index contributed by atoms with van der Waals surface area (Å²) < 4.78 is 3.48. The van der Waals surface area contributed by atoms with Gasteiger partial charge in [-0.25, -0.2) is 0 Å². The molecule has 2 fully saturated rings. The van der Waals surface area contributed by atoms with Gasteiger partial charge in [-0.2, -0.15) is 0 Å². The summed E-state index contributed by atoms with van der Waals surface area (Å²) in [7, 11) is 0. The lowest BCUT2D eigenvalue weighted by Gasteiger charge is -2.38. The molecule has 2 aromatic rings. The van der Waals surface area contributed by atoms with Crippen LogP contribution in [0.2, 0.25) is 0 Å². The van der Waals surface area contributed by atoms with Gasteiger partial charge in [0.05, 0.1) is 28.2 Å². The summed E-state index contributed by atoms with van der Waals surface area (Å²) in [5.74, 6) is 1.44. The molecule has 6 nitrogen and oxygen atoms in total. The summed E-state index contributed by atoms with van der Waals surface area (Å²) >= 11 is 1.46. The molecule has 0 radical (unpaired) electrons. The van der Waals surface area contributed by atoms with Gasteiger partial charge >= 0.3 is 0 Å². The van der Waals surface area contributed by atoms with E-state index in [2.05, 4.69) is 48.0 Å². The van der Waals surface area contributed by atoms with Crippen molar-refractivity contribution >= 4 is 40.8 Å². The molecule has 0 saturated heterocycles. The number of anilines is 3. The van der Waals surface area contributed by atoms with Crippen molar-refractivity contribution < 1.29 is 9.59 Å². The highest BCUT2D eigenvalue weighted by Gasteiger charge is 2.42. The number of hydrogen-bond acceptors (Lipinski definition) is 5. The molecular weight excluding hydrogens is 565 g/mol. The van der Waals surface area contributed by atoms with Crippen molar-refractivity contribution in [1.29, 1.82) is 0 Å². The molecule has 2 aliphatic rings. The number of rotatable bonds is 15. The number of carbonyl (C=O) groups is 2. The lowest BCUT2D eigenvalue weighted by Crippen LogP contribution is -2.39. The Bertz CT molecular complexity index is 1100. The summed E-state index contributed by atoms with van der Waals surface area (Å²) in [6.07, 6.45) is 20.6. The van der Waals surface area contributed by atoms with Crippen LogP contribution in [0.1, 0.15) is 130 Å². The van der Waals surface area contributed by atoms with E-state index in [1.165, 1.54) is 24.8 Å². The summed E-state index contributed by atoms with van der Waals surface area (Å²) in [5.41, 5.74) is 1.75. The second-order valence-electron chi connectivity index (χ2n) is 13.5. The zero-order valence-corrected chi connectivity index (χ0v) is 28.5. The van der Waals surface area contributed by atoms with E-state index in [1.54, 1.807) is 12.4 Å². The Hall–Kier alpha value is -2.54. The molecule has 0 spiro atoms. The Morgan fingerprint density at radius 1 is 0.705 bits per heavy atom. The molecule has 4 rings (SSSR count). The van der Waals surface area contributed by atoms with E-state index in [9.17, 15) is 9.59 Å². The van der Waals surface area contributed by atoms with E-state index < -0.39 is 0 Å². The summed E-state index contributed by atoms with van der Waals surface area (Å²) in [4.78, 5) is 33.2. The molecular formula is C37H56N4O2S. The molecule has 3 N–H and O–H groups in total. The summed E-state index contributed by atoms with van der Waals surface area (Å²) in [6.45, 7) is 8.98. The van der Waals surface area contributed by atoms with Crippen LogP contribution in [-0.2, 0) is 9.59 Å². The normalized spacial score (nSPS) is 17.8. The molecule has 0 aliphatic heterocycles. The molecule has 2 amide bonds. The SMILES string of the molecule is CCC(CC)CC1(C(=O)Nc2cnccc2NSc2ccccc2NC(=O)C2(CC(CC)CC)CCCCC2)CCCCC1. The van der Waals surface area contributed by atoms with Crippen molar-refractivity contribution in [3.63, 3.8) is 0 Å². The van der Waals surface area contributed by atoms with E-state index >= 15 is 0 Å². The smallest absolute Gasteiger partial charge is 0.230 e. The molecule has 0 bridgehead atoms. The van der Waals surface area contributed by atoms with E-state index in [-0.39, 0.29) is 22.6 Å². The van der Waals surface area contributed by atoms with Gasteiger partial charge < -0.3 is 15.4 Å². The summed E-state index contributed by atoms with van der Waals surface area (Å²) in [5, 5.41) is 6.64. The number of amides is 2. The fourth-order valence-corrected chi connectivity index (χ4v) is 8.40. The highest BCUT2D eigenvalue weighted by molar-refractivity contribution is 8.00. The van der Waals surface area contributed by atoms with Crippen LogP contribution in [0.25, 0.3) is 0 Å². The van der Waals surface area contributed by atoms with Gasteiger partial charge in [-0.3, -0.25) is 14.6 Å². The zero-order chi connectivity index (χ0) is 31.4. The van der Waals surface area contributed by atoms with Gasteiger partial charge in [-0.1, -0.05) is 104 Å². The van der Waals surface area contributed by atoms with Crippen LogP contribution in [0.5, 0.6) is 0 Å². The Kier molecular flexibility index (Phi) is 13.0. The van der Waals surface area contributed by atoms with Gasteiger partial charge in [0.1, 0.15) is 0 Å². The minimum atomic E-state index is -0.310. The van der Waals surface area contributed by atoms with Gasteiger partial charge in [0.25, 0.3) is 0 Å². The molecule has 44 heavy (non-hydrogen) atoms. The second kappa shape index (κ2) is 16.7. The van der Waals surface area contributed by atoms with Crippen LogP contribution in [0.15, 0.2) is 47.6 Å². The lowest BCUT2D eigenvalue weighted by atomic mass is 9.67. The first-order chi connectivity index (χ1) is 21.4. The van der Waals surface area contributed by atoms with E-state index in [0.29, 0.717) is 17.5 Å². The number of carbonyl (C=O) groups excluding carboxylic acids is 2. The van der Waals surface area contributed by atoms with Gasteiger partial charge in [0.15, 0.2) is 0 Å². The lowest BCUT2D eigenvalue weighted by molar-refractivity contribution is -0.129. The number of benzene rings is 1. The van der Waals surface area contributed by atoms with Crippen molar-refractivity contribution in [2.45, 2.75) is 135 Å². The van der Waals surface area contributed by atoms with Gasteiger partial charge in [-0.15, -0.1) is 0 Å². The Morgan fingerprint density at radius 2 is 1.20 bits per heavy atom. The molecule has 242 valence electrons. The van der Waals surface area contributed by atoms with Crippen LogP contribution in [0.3, 0.4) is 0 Å². The topological polar surface area (TPSA) is 83.1 Å². The highest BCUT2D eigenvalue weighted by atomic mass is 32.2. The number of nitrogens with zero attached hydrogens (tertiary/aromatic N) is 1. The third kappa shape index (κ3) is 8.58. The van der Waals surface area contributed by atoms with Gasteiger partial charge in [0.2, 0.25) is 11.8 Å². The number of aromatic nitrogens is 1. The Balaban J connectivity index is 1.48. The quantitative estimate of drug-likeness (QED) is 0.173. The molecule has 2 saturated carbocycles. The van der Waals surface area contributed by atoms with Crippen LogP contribution in [0, 0.1) is 22.7 Å². The molecule has 0 atom stereocenters. The van der Waals surface area contributed by atoms with Crippen LogP contribution in [0.4, 0.5) is 17.1 Å². The van der Waals surface area contributed by atoms with Crippen molar-refractivity contribution in [2.75, 3.05) is 15.4 Å². The fraction of sp³-hybridized carbons (Fsp3) is 0.649. The molecule has 2 aliphatic carbocycles. The third-order valence-corrected chi connectivity index (χ3v) is 11.6. The average molecular weight is 621 g/mol. The van der Waals surface area contributed by atoms with Gasteiger partial charge in [-0.05, 0) is 80.5 Å². The molecule has 0 unspecified atom stereocenters. The molecule has 1 aromatic heterocycles. The van der Waals surface area contributed by atoms with E-state index in [4.69, 9.17) is 0 Å². The average Bonchev–Trinajstić information content (AvgIpc) is 3.07. The monoisotopic (exact) mass is 620 g/mol. The van der Waals surface area contributed by atoms with E-state index in [1.807, 2.05) is 30.3 Å². The largest absolute Gasteiger partial charge is 0.325 e. The minimum Gasteiger partial charge on any atom is -0.325 e. The second-order valence-corrected chi connectivity index (χ2v) is 14.3.